The van der Waals surface area contributed by atoms with Crippen molar-refractivity contribution in [1.82, 2.24) is 14.7 Å². The van der Waals surface area contributed by atoms with Crippen LogP contribution in [0, 0.1) is 0 Å². The number of fused-ring (bicyclic) bond motifs is 1. The van der Waals surface area contributed by atoms with E-state index in [9.17, 15) is 4.79 Å². The molecule has 0 spiro atoms. The van der Waals surface area contributed by atoms with E-state index in [1.165, 1.54) is 0 Å². The smallest absolute Gasteiger partial charge is 0.251 e. The van der Waals surface area contributed by atoms with Gasteiger partial charge in [-0.3, -0.25) is 4.79 Å². The van der Waals surface area contributed by atoms with Crippen molar-refractivity contribution in [3.63, 3.8) is 0 Å². The number of hydrogen-bond donors (Lipinski definition) is 2. The second-order valence-corrected chi connectivity index (χ2v) is 7.61. The number of aromatic nitrogens is 2. The molecule has 3 rings (SSSR count). The molecule has 2 heterocycles. The first-order chi connectivity index (χ1) is 13.2. The van der Waals surface area contributed by atoms with E-state index in [1.807, 2.05) is 59.3 Å². The first-order valence-corrected chi connectivity index (χ1v) is 10.3. The fourth-order valence-corrected chi connectivity index (χ4v) is 3.67. The van der Waals surface area contributed by atoms with Gasteiger partial charge in [-0.1, -0.05) is 25.8 Å². The zero-order chi connectivity index (χ0) is 19.1. The van der Waals surface area contributed by atoms with Crippen LogP contribution >= 0.6 is 11.8 Å². The first kappa shape index (κ1) is 19.5. The average molecular weight is 383 g/mol. The van der Waals surface area contributed by atoms with Crippen LogP contribution in [0.25, 0.3) is 5.65 Å². The van der Waals surface area contributed by atoms with Gasteiger partial charge in [-0.05, 0) is 42.8 Å². The number of amides is 1. The van der Waals surface area contributed by atoms with Crippen molar-refractivity contribution in [3.05, 3.63) is 66.1 Å². The Kier molecular flexibility index (Phi) is 6.90. The van der Waals surface area contributed by atoms with Crippen molar-refractivity contribution >= 4 is 23.3 Å². The summed E-state index contributed by atoms with van der Waals surface area (Å²) >= 11 is 1.71. The highest BCUT2D eigenvalue weighted by atomic mass is 32.2. The summed E-state index contributed by atoms with van der Waals surface area (Å²) in [5.41, 5.74) is 8.42. The third kappa shape index (κ3) is 5.34. The number of hydrogen-bond acceptors (Lipinski definition) is 4. The van der Waals surface area contributed by atoms with Crippen LogP contribution in [0.3, 0.4) is 0 Å². The van der Waals surface area contributed by atoms with Crippen LogP contribution in [-0.2, 0) is 5.75 Å². The molecular weight excluding hydrogens is 356 g/mol. The zero-order valence-electron chi connectivity index (χ0n) is 15.6. The van der Waals surface area contributed by atoms with E-state index in [4.69, 9.17) is 5.73 Å². The molecule has 0 aliphatic heterocycles. The van der Waals surface area contributed by atoms with Crippen LogP contribution in [0.1, 0.15) is 42.2 Å². The molecule has 0 saturated carbocycles. The number of pyridine rings is 1. The molecule has 0 radical (unpaired) electrons. The Hall–Kier alpha value is -2.31. The largest absolute Gasteiger partial charge is 0.348 e. The van der Waals surface area contributed by atoms with Gasteiger partial charge in [0.15, 0.2) is 0 Å². The van der Waals surface area contributed by atoms with Gasteiger partial charge < -0.3 is 15.5 Å². The van der Waals surface area contributed by atoms with Gasteiger partial charge >= 0.3 is 0 Å². The lowest BCUT2D eigenvalue weighted by molar-refractivity contribution is 0.0935. The maximum absolute atomic E-state index is 12.4. The molecule has 1 atom stereocenters. The molecule has 0 saturated heterocycles. The molecule has 3 N–H and O–H groups in total. The number of carbonyl (C=O) groups excluding carboxylic acids is 1. The second kappa shape index (κ2) is 9.58. The number of rotatable bonds is 9. The molecule has 1 amide bonds. The van der Waals surface area contributed by atoms with E-state index >= 15 is 0 Å². The van der Waals surface area contributed by atoms with Gasteiger partial charge in [-0.2, -0.15) is 0 Å². The average Bonchev–Trinajstić information content (AvgIpc) is 3.12. The molecule has 0 aliphatic carbocycles. The zero-order valence-corrected chi connectivity index (χ0v) is 16.4. The predicted octanol–water partition coefficient (Wildman–Crippen LogP) is 3.87. The monoisotopic (exact) mass is 382 g/mol. The Morgan fingerprint density at radius 3 is 2.78 bits per heavy atom. The number of unbranched alkanes of at least 4 members (excludes halogenated alkanes) is 1. The quantitative estimate of drug-likeness (QED) is 0.551. The molecule has 5 nitrogen and oxygen atoms in total. The summed E-state index contributed by atoms with van der Waals surface area (Å²) in [4.78, 5) is 18.1. The van der Waals surface area contributed by atoms with Crippen LogP contribution in [0.2, 0.25) is 0 Å². The number of nitrogens with two attached hydrogens (primary N) is 1. The van der Waals surface area contributed by atoms with Crippen molar-refractivity contribution in [1.29, 1.82) is 0 Å². The van der Waals surface area contributed by atoms with Crippen LogP contribution in [0.4, 0.5) is 0 Å². The van der Waals surface area contributed by atoms with Gasteiger partial charge in [0.1, 0.15) is 5.65 Å². The molecule has 142 valence electrons. The van der Waals surface area contributed by atoms with Crippen LogP contribution < -0.4 is 11.1 Å². The number of carbonyl (C=O) groups is 1. The van der Waals surface area contributed by atoms with E-state index < -0.39 is 0 Å². The molecular formula is C21H26N4OS. The highest BCUT2D eigenvalue weighted by molar-refractivity contribution is 7.98. The lowest BCUT2D eigenvalue weighted by Crippen LogP contribution is -2.40. The minimum absolute atomic E-state index is 0.0431. The molecule has 0 fully saturated rings. The van der Waals surface area contributed by atoms with E-state index in [2.05, 4.69) is 17.2 Å². The van der Waals surface area contributed by atoms with Crippen molar-refractivity contribution in [2.45, 2.75) is 42.9 Å². The predicted molar refractivity (Wildman–Crippen MR) is 111 cm³/mol. The van der Waals surface area contributed by atoms with Gasteiger partial charge in [0.2, 0.25) is 0 Å². The Bertz CT molecular complexity index is 842. The molecule has 27 heavy (non-hydrogen) atoms. The fraction of sp³-hybridized carbons (Fsp3) is 0.333. The topological polar surface area (TPSA) is 72.4 Å². The number of imidazole rings is 1. The summed E-state index contributed by atoms with van der Waals surface area (Å²) in [6.45, 7) is 2.61. The van der Waals surface area contributed by atoms with Crippen molar-refractivity contribution < 1.29 is 4.79 Å². The summed E-state index contributed by atoms with van der Waals surface area (Å²) in [5.74, 6) is 0.734. The fourth-order valence-electron chi connectivity index (χ4n) is 2.88. The summed E-state index contributed by atoms with van der Waals surface area (Å²) in [5, 5.41) is 3.03. The molecule has 2 aromatic heterocycles. The Balaban J connectivity index is 1.55. The van der Waals surface area contributed by atoms with Crippen LogP contribution in [0.15, 0.2) is 59.8 Å². The highest BCUT2D eigenvalue weighted by Crippen LogP contribution is 2.23. The SMILES string of the molecule is CCCCC(CN)NC(=O)c1ccc(SCc2cn3ccccc3n2)cc1. The molecule has 0 bridgehead atoms. The van der Waals surface area contributed by atoms with Gasteiger partial charge in [-0.25, -0.2) is 4.98 Å². The van der Waals surface area contributed by atoms with Crippen LogP contribution in [-0.4, -0.2) is 27.9 Å². The maximum atomic E-state index is 12.4. The minimum atomic E-state index is -0.0570. The normalized spacial score (nSPS) is 12.2. The lowest BCUT2D eigenvalue weighted by atomic mass is 10.1. The van der Waals surface area contributed by atoms with Crippen molar-refractivity contribution in [3.8, 4) is 0 Å². The second-order valence-electron chi connectivity index (χ2n) is 6.56. The van der Waals surface area contributed by atoms with Crippen LogP contribution in [0.5, 0.6) is 0 Å². The molecule has 3 aromatic rings. The summed E-state index contributed by atoms with van der Waals surface area (Å²) in [6, 6.07) is 13.7. The Morgan fingerprint density at radius 2 is 2.07 bits per heavy atom. The van der Waals surface area contributed by atoms with E-state index in [0.29, 0.717) is 12.1 Å². The standard InChI is InChI=1S/C21H26N4OS/c1-2-3-6-17(13-22)24-21(26)16-8-10-19(11-9-16)27-15-18-14-25-12-5-4-7-20(25)23-18/h4-5,7-12,14,17H,2-3,6,13,15,22H2,1H3,(H,24,26). The molecule has 0 aliphatic rings. The van der Waals surface area contributed by atoms with Gasteiger partial charge in [0.05, 0.1) is 5.69 Å². The van der Waals surface area contributed by atoms with E-state index in [0.717, 1.165) is 41.3 Å². The highest BCUT2D eigenvalue weighted by Gasteiger charge is 2.12. The van der Waals surface area contributed by atoms with Gasteiger partial charge in [0, 0.05) is 41.2 Å². The third-order valence-electron chi connectivity index (χ3n) is 4.44. The van der Waals surface area contributed by atoms with Gasteiger partial charge in [-0.15, -0.1) is 11.8 Å². The minimum Gasteiger partial charge on any atom is -0.348 e. The van der Waals surface area contributed by atoms with Crippen molar-refractivity contribution in [2.75, 3.05) is 6.54 Å². The van der Waals surface area contributed by atoms with E-state index in [1.54, 1.807) is 11.8 Å². The van der Waals surface area contributed by atoms with Crippen molar-refractivity contribution in [2.24, 2.45) is 5.73 Å². The lowest BCUT2D eigenvalue weighted by Gasteiger charge is -2.16. The molecule has 6 heteroatoms. The first-order valence-electron chi connectivity index (χ1n) is 9.36. The maximum Gasteiger partial charge on any atom is 0.251 e. The summed E-state index contributed by atoms with van der Waals surface area (Å²) in [7, 11) is 0. The number of nitrogens with one attached hydrogen (secondary N) is 1. The summed E-state index contributed by atoms with van der Waals surface area (Å²) in [6.07, 6.45) is 7.14. The van der Waals surface area contributed by atoms with E-state index in [-0.39, 0.29) is 11.9 Å². The Morgan fingerprint density at radius 1 is 1.26 bits per heavy atom. The number of benzene rings is 1. The Labute approximate surface area is 164 Å². The molecule has 1 aromatic carbocycles. The van der Waals surface area contributed by atoms with Gasteiger partial charge in [0.25, 0.3) is 5.91 Å². The number of thioether (sulfide) groups is 1. The third-order valence-corrected chi connectivity index (χ3v) is 5.49. The number of nitrogens with zero attached hydrogens (tertiary/aromatic N) is 2. The summed E-state index contributed by atoms with van der Waals surface area (Å²) < 4.78 is 2.02. The molecule has 1 unspecified atom stereocenters.